The summed E-state index contributed by atoms with van der Waals surface area (Å²) in [6.45, 7) is 3.44. The first-order chi connectivity index (χ1) is 7.27. The van der Waals surface area contributed by atoms with Crippen molar-refractivity contribution in [1.29, 1.82) is 0 Å². The number of pyridine rings is 1. The predicted octanol–water partition coefficient (Wildman–Crippen LogP) is 1.85. The van der Waals surface area contributed by atoms with Gasteiger partial charge in [0.05, 0.1) is 12.7 Å². The lowest BCUT2D eigenvalue weighted by molar-refractivity contribution is -0.0100. The molecule has 1 N–H and O–H groups in total. The van der Waals surface area contributed by atoms with Crippen molar-refractivity contribution in [3.05, 3.63) is 29.6 Å². The van der Waals surface area contributed by atoms with E-state index in [9.17, 15) is 5.11 Å². The van der Waals surface area contributed by atoms with Gasteiger partial charge in [0, 0.05) is 24.4 Å². The summed E-state index contributed by atoms with van der Waals surface area (Å²) < 4.78 is 5.38. The van der Waals surface area contributed by atoms with E-state index in [1.165, 1.54) is 0 Å². The summed E-state index contributed by atoms with van der Waals surface area (Å²) in [5.74, 6) is 0.237. The van der Waals surface area contributed by atoms with Crippen molar-refractivity contribution < 1.29 is 9.84 Å². The molecule has 0 saturated carbocycles. The average molecular weight is 207 g/mol. The van der Waals surface area contributed by atoms with Crippen LogP contribution in [0.3, 0.4) is 0 Å². The molecule has 1 fully saturated rings. The van der Waals surface area contributed by atoms with Crippen LogP contribution in [0.1, 0.15) is 30.2 Å². The molecule has 0 bridgehead atoms. The van der Waals surface area contributed by atoms with Crippen LogP contribution >= 0.6 is 0 Å². The van der Waals surface area contributed by atoms with Crippen molar-refractivity contribution in [2.45, 2.75) is 25.9 Å². The van der Waals surface area contributed by atoms with Crippen molar-refractivity contribution in [2.75, 3.05) is 13.2 Å². The topological polar surface area (TPSA) is 42.4 Å². The van der Waals surface area contributed by atoms with Gasteiger partial charge in [-0.15, -0.1) is 0 Å². The SMILES string of the molecule is Cc1cc(C(O)C2CCCOC2)ccn1. The fourth-order valence-electron chi connectivity index (χ4n) is 2.04. The second kappa shape index (κ2) is 4.73. The lowest BCUT2D eigenvalue weighted by atomic mass is 9.91. The summed E-state index contributed by atoms with van der Waals surface area (Å²) in [7, 11) is 0. The molecule has 0 aliphatic carbocycles. The second-order valence-electron chi connectivity index (χ2n) is 4.15. The Bertz CT molecular complexity index is 321. The smallest absolute Gasteiger partial charge is 0.0841 e. The minimum Gasteiger partial charge on any atom is -0.388 e. The van der Waals surface area contributed by atoms with E-state index in [1.807, 2.05) is 19.1 Å². The highest BCUT2D eigenvalue weighted by Gasteiger charge is 2.23. The molecule has 1 aromatic heterocycles. The molecule has 1 aliphatic rings. The highest BCUT2D eigenvalue weighted by Crippen LogP contribution is 2.28. The number of nitrogens with zero attached hydrogens (tertiary/aromatic N) is 1. The van der Waals surface area contributed by atoms with Gasteiger partial charge in [0.15, 0.2) is 0 Å². The lowest BCUT2D eigenvalue weighted by Crippen LogP contribution is -2.23. The summed E-state index contributed by atoms with van der Waals surface area (Å²) in [4.78, 5) is 4.12. The van der Waals surface area contributed by atoms with E-state index in [2.05, 4.69) is 4.98 Å². The Morgan fingerprint density at radius 1 is 1.60 bits per heavy atom. The number of rotatable bonds is 2. The van der Waals surface area contributed by atoms with Gasteiger partial charge < -0.3 is 9.84 Å². The van der Waals surface area contributed by atoms with Gasteiger partial charge >= 0.3 is 0 Å². The fraction of sp³-hybridized carbons (Fsp3) is 0.583. The third-order valence-corrected chi connectivity index (χ3v) is 2.90. The van der Waals surface area contributed by atoms with E-state index in [1.54, 1.807) is 6.20 Å². The van der Waals surface area contributed by atoms with Crippen molar-refractivity contribution in [3.63, 3.8) is 0 Å². The van der Waals surface area contributed by atoms with Crippen molar-refractivity contribution in [3.8, 4) is 0 Å². The molecule has 3 heteroatoms. The summed E-state index contributed by atoms with van der Waals surface area (Å²) in [5, 5.41) is 10.2. The van der Waals surface area contributed by atoms with Crippen LogP contribution < -0.4 is 0 Å². The zero-order chi connectivity index (χ0) is 10.7. The molecule has 2 atom stereocenters. The van der Waals surface area contributed by atoms with Gasteiger partial charge in [-0.25, -0.2) is 0 Å². The van der Waals surface area contributed by atoms with Crippen LogP contribution in [0, 0.1) is 12.8 Å². The molecule has 2 rings (SSSR count). The normalized spacial score (nSPS) is 23.7. The molecule has 1 aliphatic heterocycles. The zero-order valence-corrected chi connectivity index (χ0v) is 9.02. The largest absolute Gasteiger partial charge is 0.388 e. The van der Waals surface area contributed by atoms with Gasteiger partial charge in [-0.05, 0) is 37.5 Å². The molecule has 1 aromatic rings. The Labute approximate surface area is 90.1 Å². The van der Waals surface area contributed by atoms with E-state index < -0.39 is 6.10 Å². The van der Waals surface area contributed by atoms with Crippen molar-refractivity contribution in [1.82, 2.24) is 4.98 Å². The van der Waals surface area contributed by atoms with Crippen molar-refractivity contribution >= 4 is 0 Å². The first kappa shape index (κ1) is 10.6. The summed E-state index contributed by atoms with van der Waals surface area (Å²) in [6.07, 6.45) is 3.43. The quantitative estimate of drug-likeness (QED) is 0.804. The molecule has 2 unspecified atom stereocenters. The van der Waals surface area contributed by atoms with Gasteiger partial charge in [0.25, 0.3) is 0 Å². The summed E-state index contributed by atoms with van der Waals surface area (Å²) in [6, 6.07) is 3.82. The number of ether oxygens (including phenoxy) is 1. The number of aryl methyl sites for hydroxylation is 1. The van der Waals surface area contributed by atoms with Crippen LogP contribution in [-0.2, 0) is 4.74 Å². The second-order valence-corrected chi connectivity index (χ2v) is 4.15. The Hall–Kier alpha value is -0.930. The lowest BCUT2D eigenvalue weighted by Gasteiger charge is -2.26. The molecule has 0 spiro atoms. The predicted molar refractivity (Wildman–Crippen MR) is 57.5 cm³/mol. The van der Waals surface area contributed by atoms with Gasteiger partial charge in [-0.1, -0.05) is 0 Å². The molecule has 0 radical (unpaired) electrons. The Morgan fingerprint density at radius 3 is 3.13 bits per heavy atom. The standard InChI is InChI=1S/C12H17NO2/c1-9-7-10(4-5-13-9)12(14)11-3-2-6-15-8-11/h4-5,7,11-12,14H,2-3,6,8H2,1H3. The highest BCUT2D eigenvalue weighted by molar-refractivity contribution is 5.18. The molecular weight excluding hydrogens is 190 g/mol. The molecular formula is C12H17NO2. The van der Waals surface area contributed by atoms with E-state index >= 15 is 0 Å². The number of aliphatic hydroxyl groups is 1. The van der Waals surface area contributed by atoms with Crippen LogP contribution in [-0.4, -0.2) is 23.3 Å². The van der Waals surface area contributed by atoms with Crippen LogP contribution in [0.4, 0.5) is 0 Å². The number of hydrogen-bond donors (Lipinski definition) is 1. The minimum atomic E-state index is -0.410. The summed E-state index contributed by atoms with van der Waals surface area (Å²) in [5.41, 5.74) is 1.90. The third kappa shape index (κ3) is 2.55. The first-order valence-corrected chi connectivity index (χ1v) is 5.46. The fourth-order valence-corrected chi connectivity index (χ4v) is 2.04. The molecule has 0 aromatic carbocycles. The average Bonchev–Trinajstić information content (AvgIpc) is 2.29. The Balaban J connectivity index is 2.08. The first-order valence-electron chi connectivity index (χ1n) is 5.46. The maximum absolute atomic E-state index is 10.2. The molecule has 2 heterocycles. The molecule has 3 nitrogen and oxygen atoms in total. The molecule has 1 saturated heterocycles. The highest BCUT2D eigenvalue weighted by atomic mass is 16.5. The molecule has 0 amide bonds. The van der Waals surface area contributed by atoms with Gasteiger partial charge in [0.2, 0.25) is 0 Å². The summed E-state index contributed by atoms with van der Waals surface area (Å²) >= 11 is 0. The number of aromatic nitrogens is 1. The van der Waals surface area contributed by atoms with Crippen LogP contribution in [0.25, 0.3) is 0 Å². The minimum absolute atomic E-state index is 0.237. The molecule has 82 valence electrons. The van der Waals surface area contributed by atoms with Crippen LogP contribution in [0.15, 0.2) is 18.3 Å². The van der Waals surface area contributed by atoms with Crippen LogP contribution in [0.2, 0.25) is 0 Å². The monoisotopic (exact) mass is 207 g/mol. The number of aliphatic hydroxyl groups excluding tert-OH is 1. The molecule has 15 heavy (non-hydrogen) atoms. The Kier molecular flexibility index (Phi) is 3.34. The van der Waals surface area contributed by atoms with E-state index in [0.29, 0.717) is 6.61 Å². The van der Waals surface area contributed by atoms with E-state index in [4.69, 9.17) is 4.74 Å². The van der Waals surface area contributed by atoms with Gasteiger partial charge in [-0.3, -0.25) is 4.98 Å². The van der Waals surface area contributed by atoms with Crippen molar-refractivity contribution in [2.24, 2.45) is 5.92 Å². The maximum atomic E-state index is 10.2. The van der Waals surface area contributed by atoms with Gasteiger partial charge in [-0.2, -0.15) is 0 Å². The van der Waals surface area contributed by atoms with Gasteiger partial charge in [0.1, 0.15) is 0 Å². The Morgan fingerprint density at radius 2 is 2.47 bits per heavy atom. The maximum Gasteiger partial charge on any atom is 0.0841 e. The number of hydrogen-bond acceptors (Lipinski definition) is 3. The third-order valence-electron chi connectivity index (χ3n) is 2.90. The van der Waals surface area contributed by atoms with E-state index in [-0.39, 0.29) is 5.92 Å². The van der Waals surface area contributed by atoms with Crippen LogP contribution in [0.5, 0.6) is 0 Å². The zero-order valence-electron chi connectivity index (χ0n) is 9.02. The van der Waals surface area contributed by atoms with E-state index in [0.717, 1.165) is 30.7 Å².